The fourth-order valence-corrected chi connectivity index (χ4v) is 2.59. The Bertz CT molecular complexity index is 507. The zero-order chi connectivity index (χ0) is 14.2. The largest absolute Gasteiger partial charge is 0.355 e. The third-order valence-electron chi connectivity index (χ3n) is 3.63. The fraction of sp³-hybridized carbons (Fsp3) is 0.583. The molecule has 1 atom stereocenters. The van der Waals surface area contributed by atoms with Crippen LogP contribution in [0, 0.1) is 15.5 Å². The normalized spacial score (nSPS) is 22.3. The van der Waals surface area contributed by atoms with Gasteiger partial charge in [-0.15, -0.1) is 0 Å². The van der Waals surface area contributed by atoms with Crippen molar-refractivity contribution in [2.45, 2.75) is 26.3 Å². The van der Waals surface area contributed by atoms with Gasteiger partial charge in [0.05, 0.1) is 9.95 Å². The topological polar surface area (TPSA) is 85.3 Å². The minimum absolute atomic E-state index is 0.0367. The molecule has 7 heteroatoms. The van der Waals surface area contributed by atoms with E-state index in [2.05, 4.69) is 18.8 Å². The molecule has 2 heterocycles. The Morgan fingerprint density at radius 2 is 2.32 bits per heavy atom. The summed E-state index contributed by atoms with van der Waals surface area (Å²) in [6.45, 7) is 5.69. The molecular weight excluding hydrogens is 268 g/mol. The number of aromatic nitrogens is 1. The van der Waals surface area contributed by atoms with Gasteiger partial charge in [-0.25, -0.2) is 4.98 Å². The summed E-state index contributed by atoms with van der Waals surface area (Å²) in [5.41, 5.74) is 5.95. The molecule has 1 saturated heterocycles. The molecule has 0 saturated carbocycles. The van der Waals surface area contributed by atoms with Crippen molar-refractivity contribution < 1.29 is 4.92 Å². The molecule has 1 fully saturated rings. The lowest BCUT2D eigenvalue weighted by molar-refractivity contribution is -0.385. The van der Waals surface area contributed by atoms with Gasteiger partial charge in [-0.1, -0.05) is 25.4 Å². The minimum atomic E-state index is -0.501. The predicted molar refractivity (Wildman–Crippen MR) is 74.5 cm³/mol. The third kappa shape index (κ3) is 2.79. The summed E-state index contributed by atoms with van der Waals surface area (Å²) in [6, 6.07) is 1.48. The summed E-state index contributed by atoms with van der Waals surface area (Å²) in [6.07, 6.45) is 2.09. The Balaban J connectivity index is 2.26. The van der Waals surface area contributed by atoms with E-state index in [4.69, 9.17) is 17.3 Å². The van der Waals surface area contributed by atoms with E-state index in [-0.39, 0.29) is 17.1 Å². The fourth-order valence-electron chi connectivity index (χ4n) is 2.31. The molecular formula is C12H17ClN4O2. The standard InChI is InChI=1S/C12H17ClN4O2/c1-12(2)7-16(4-3-10(12)14)11-9(13)5-8(6-15-11)17(18)19/h5-6,10H,3-4,7,14H2,1-2H3. The SMILES string of the molecule is CC1(C)CN(c2ncc([N+](=O)[O-])cc2Cl)CCC1N. The van der Waals surface area contributed by atoms with Crippen molar-refractivity contribution in [1.82, 2.24) is 4.98 Å². The number of pyridine rings is 1. The Labute approximate surface area is 116 Å². The average Bonchev–Trinajstić information content (AvgIpc) is 2.32. The first-order chi connectivity index (χ1) is 8.81. The number of nitrogens with zero attached hydrogens (tertiary/aromatic N) is 3. The lowest BCUT2D eigenvalue weighted by atomic mass is 9.80. The molecule has 2 rings (SSSR count). The van der Waals surface area contributed by atoms with Gasteiger partial charge in [0.2, 0.25) is 0 Å². The molecule has 1 aromatic heterocycles. The average molecular weight is 285 g/mol. The third-order valence-corrected chi connectivity index (χ3v) is 3.91. The Hall–Kier alpha value is -1.40. The lowest BCUT2D eigenvalue weighted by Gasteiger charge is -2.43. The molecule has 0 bridgehead atoms. The summed E-state index contributed by atoms with van der Waals surface area (Å²) in [5.74, 6) is 0.590. The zero-order valence-corrected chi connectivity index (χ0v) is 11.7. The van der Waals surface area contributed by atoms with Crippen LogP contribution in [0.3, 0.4) is 0 Å². The summed E-state index contributed by atoms with van der Waals surface area (Å²) in [5, 5.41) is 11.0. The van der Waals surface area contributed by atoms with Crippen molar-refractivity contribution in [3.63, 3.8) is 0 Å². The number of hydrogen-bond acceptors (Lipinski definition) is 5. The monoisotopic (exact) mass is 284 g/mol. The predicted octanol–water partition coefficient (Wildman–Crippen LogP) is 2.21. The van der Waals surface area contributed by atoms with Crippen LogP contribution in [0.25, 0.3) is 0 Å². The van der Waals surface area contributed by atoms with E-state index in [1.807, 2.05) is 4.90 Å². The highest BCUT2D eigenvalue weighted by Crippen LogP contribution is 2.34. The van der Waals surface area contributed by atoms with Gasteiger partial charge < -0.3 is 10.6 Å². The van der Waals surface area contributed by atoms with Gasteiger partial charge in [0.25, 0.3) is 5.69 Å². The van der Waals surface area contributed by atoms with E-state index < -0.39 is 4.92 Å². The van der Waals surface area contributed by atoms with Crippen LogP contribution < -0.4 is 10.6 Å². The summed E-state index contributed by atoms with van der Waals surface area (Å²) in [4.78, 5) is 16.3. The van der Waals surface area contributed by atoms with Gasteiger partial charge in [-0.05, 0) is 11.8 Å². The van der Waals surface area contributed by atoms with Crippen LogP contribution in [0.1, 0.15) is 20.3 Å². The minimum Gasteiger partial charge on any atom is -0.355 e. The van der Waals surface area contributed by atoms with Gasteiger partial charge >= 0.3 is 0 Å². The number of nitro groups is 1. The second kappa shape index (κ2) is 4.94. The van der Waals surface area contributed by atoms with Crippen molar-refractivity contribution in [3.8, 4) is 0 Å². The zero-order valence-electron chi connectivity index (χ0n) is 11.0. The number of anilines is 1. The second-order valence-corrected chi connectivity index (χ2v) is 5.97. The Kier molecular flexibility index (Phi) is 3.64. The molecule has 1 aliphatic heterocycles. The molecule has 0 spiro atoms. The van der Waals surface area contributed by atoms with Crippen molar-refractivity contribution in [2.75, 3.05) is 18.0 Å². The number of nitrogens with two attached hydrogens (primary N) is 1. The summed E-state index contributed by atoms with van der Waals surface area (Å²) < 4.78 is 0. The first kappa shape index (κ1) is 14.0. The van der Waals surface area contributed by atoms with E-state index in [0.717, 1.165) is 19.5 Å². The molecule has 6 nitrogen and oxygen atoms in total. The smallest absolute Gasteiger partial charge is 0.289 e. The van der Waals surface area contributed by atoms with Gasteiger partial charge in [-0.2, -0.15) is 0 Å². The maximum absolute atomic E-state index is 10.7. The number of halogens is 1. The lowest BCUT2D eigenvalue weighted by Crippen LogP contribution is -2.52. The number of hydrogen-bond donors (Lipinski definition) is 1. The van der Waals surface area contributed by atoms with Gasteiger partial charge in [-0.3, -0.25) is 10.1 Å². The Morgan fingerprint density at radius 1 is 1.63 bits per heavy atom. The van der Waals surface area contributed by atoms with Crippen LogP contribution in [-0.4, -0.2) is 29.0 Å². The van der Waals surface area contributed by atoms with E-state index >= 15 is 0 Å². The molecule has 2 N–H and O–H groups in total. The molecule has 0 radical (unpaired) electrons. The molecule has 19 heavy (non-hydrogen) atoms. The number of piperidine rings is 1. The Morgan fingerprint density at radius 3 is 2.84 bits per heavy atom. The summed E-state index contributed by atoms with van der Waals surface area (Å²) >= 11 is 6.10. The maximum Gasteiger partial charge on any atom is 0.289 e. The van der Waals surface area contributed by atoms with E-state index in [1.54, 1.807) is 0 Å². The molecule has 0 amide bonds. The molecule has 1 aliphatic rings. The maximum atomic E-state index is 10.7. The summed E-state index contributed by atoms with van der Waals surface area (Å²) in [7, 11) is 0. The quantitative estimate of drug-likeness (QED) is 0.665. The van der Waals surface area contributed by atoms with E-state index in [0.29, 0.717) is 10.8 Å². The second-order valence-electron chi connectivity index (χ2n) is 5.56. The van der Waals surface area contributed by atoms with Crippen molar-refractivity contribution in [1.29, 1.82) is 0 Å². The van der Waals surface area contributed by atoms with Crippen molar-refractivity contribution >= 4 is 23.1 Å². The van der Waals surface area contributed by atoms with Gasteiger partial charge in [0.15, 0.2) is 0 Å². The first-order valence-corrected chi connectivity index (χ1v) is 6.49. The van der Waals surface area contributed by atoms with Crippen LogP contribution in [0.5, 0.6) is 0 Å². The first-order valence-electron chi connectivity index (χ1n) is 6.12. The molecule has 1 aromatic rings. The molecule has 0 aliphatic carbocycles. The molecule has 1 unspecified atom stereocenters. The van der Waals surface area contributed by atoms with Crippen molar-refractivity contribution in [3.05, 3.63) is 27.4 Å². The van der Waals surface area contributed by atoms with Crippen LogP contribution >= 0.6 is 11.6 Å². The number of rotatable bonds is 2. The van der Waals surface area contributed by atoms with Crippen molar-refractivity contribution in [2.24, 2.45) is 11.1 Å². The van der Waals surface area contributed by atoms with Gasteiger partial charge in [0.1, 0.15) is 12.0 Å². The highest BCUT2D eigenvalue weighted by atomic mass is 35.5. The van der Waals surface area contributed by atoms with E-state index in [9.17, 15) is 10.1 Å². The van der Waals surface area contributed by atoms with Crippen LogP contribution in [0.15, 0.2) is 12.3 Å². The van der Waals surface area contributed by atoms with Gasteiger partial charge in [0, 0.05) is 25.2 Å². The van der Waals surface area contributed by atoms with Crippen LogP contribution in [0.4, 0.5) is 11.5 Å². The highest BCUT2D eigenvalue weighted by molar-refractivity contribution is 6.33. The van der Waals surface area contributed by atoms with Crippen LogP contribution in [-0.2, 0) is 0 Å². The van der Waals surface area contributed by atoms with Crippen LogP contribution in [0.2, 0.25) is 5.02 Å². The van der Waals surface area contributed by atoms with E-state index in [1.165, 1.54) is 12.3 Å². The molecule has 104 valence electrons. The molecule has 0 aromatic carbocycles. The highest BCUT2D eigenvalue weighted by Gasteiger charge is 2.34.